The summed E-state index contributed by atoms with van der Waals surface area (Å²) in [5.74, 6) is 1.68. The highest BCUT2D eigenvalue weighted by Gasteiger charge is 2.23. The number of aromatic nitrogens is 2. The molecule has 1 saturated heterocycles. The number of rotatable bonds is 5. The fourth-order valence-corrected chi connectivity index (χ4v) is 2.76. The summed E-state index contributed by atoms with van der Waals surface area (Å²) < 4.78 is 5.14. The Hall–Kier alpha value is -3.16. The van der Waals surface area contributed by atoms with Crippen molar-refractivity contribution in [1.29, 1.82) is 0 Å². The van der Waals surface area contributed by atoms with Crippen LogP contribution in [-0.4, -0.2) is 65.4 Å². The molecule has 1 aliphatic heterocycles. The number of hydrogen-bond donors (Lipinski definition) is 1. The molecule has 1 aliphatic rings. The molecule has 8 nitrogen and oxygen atoms in total. The molecule has 2 amide bonds. The molecule has 1 aromatic carbocycles. The number of amides is 2. The van der Waals surface area contributed by atoms with E-state index in [9.17, 15) is 9.59 Å². The fraction of sp³-hybridized carbons (Fsp3) is 0.333. The highest BCUT2D eigenvalue weighted by atomic mass is 16.5. The van der Waals surface area contributed by atoms with Gasteiger partial charge in [0.2, 0.25) is 6.41 Å². The van der Waals surface area contributed by atoms with Crippen LogP contribution in [0.1, 0.15) is 16.3 Å². The first-order valence-corrected chi connectivity index (χ1v) is 8.34. The Balaban J connectivity index is 1.74. The number of methoxy groups -OCH3 is 1. The van der Waals surface area contributed by atoms with E-state index >= 15 is 0 Å². The van der Waals surface area contributed by atoms with Gasteiger partial charge in [-0.1, -0.05) is 0 Å². The number of carbonyl (C=O) groups excluding carboxylic acids is 2. The van der Waals surface area contributed by atoms with Crippen LogP contribution < -0.4 is 10.1 Å². The quantitative estimate of drug-likeness (QED) is 0.817. The Labute approximate surface area is 151 Å². The van der Waals surface area contributed by atoms with Crippen molar-refractivity contribution in [2.24, 2.45) is 0 Å². The minimum absolute atomic E-state index is 0.154. The third-order valence-corrected chi connectivity index (χ3v) is 4.17. The van der Waals surface area contributed by atoms with Gasteiger partial charge >= 0.3 is 0 Å². The number of nitrogens with one attached hydrogen (secondary N) is 1. The van der Waals surface area contributed by atoms with Crippen molar-refractivity contribution >= 4 is 23.8 Å². The molecule has 8 heteroatoms. The van der Waals surface area contributed by atoms with E-state index in [2.05, 4.69) is 15.3 Å². The first-order valence-electron chi connectivity index (χ1n) is 8.34. The Morgan fingerprint density at radius 1 is 1.15 bits per heavy atom. The predicted molar refractivity (Wildman–Crippen MR) is 96.6 cm³/mol. The fourth-order valence-electron chi connectivity index (χ4n) is 2.76. The lowest BCUT2D eigenvalue weighted by atomic mass is 10.2. The van der Waals surface area contributed by atoms with Crippen LogP contribution in [0, 0.1) is 6.92 Å². The van der Waals surface area contributed by atoms with Gasteiger partial charge in [-0.15, -0.1) is 0 Å². The summed E-state index contributed by atoms with van der Waals surface area (Å²) in [7, 11) is 1.61. The summed E-state index contributed by atoms with van der Waals surface area (Å²) >= 11 is 0. The first kappa shape index (κ1) is 17.7. The maximum Gasteiger partial charge on any atom is 0.272 e. The second-order valence-corrected chi connectivity index (χ2v) is 5.97. The summed E-state index contributed by atoms with van der Waals surface area (Å²) in [5.41, 5.74) is 1.18. The number of hydrogen-bond acceptors (Lipinski definition) is 6. The molecule has 0 bridgehead atoms. The summed E-state index contributed by atoms with van der Waals surface area (Å²) in [4.78, 5) is 35.5. The normalized spacial score (nSPS) is 14.1. The molecule has 2 aromatic rings. The van der Waals surface area contributed by atoms with Crippen LogP contribution in [0.4, 0.5) is 11.5 Å². The molecule has 0 saturated carbocycles. The van der Waals surface area contributed by atoms with E-state index in [1.807, 2.05) is 24.3 Å². The SMILES string of the molecule is COc1ccc(Nc2cc(C(=O)N3CCN(C=O)CC3)nc(C)n2)cc1. The summed E-state index contributed by atoms with van der Waals surface area (Å²) in [6, 6.07) is 9.07. The van der Waals surface area contributed by atoms with Gasteiger partial charge in [0.25, 0.3) is 5.91 Å². The zero-order valence-electron chi connectivity index (χ0n) is 14.8. The van der Waals surface area contributed by atoms with Crippen LogP contribution >= 0.6 is 0 Å². The number of benzene rings is 1. The van der Waals surface area contributed by atoms with Gasteiger partial charge in [-0.05, 0) is 31.2 Å². The zero-order valence-corrected chi connectivity index (χ0v) is 14.8. The van der Waals surface area contributed by atoms with Crippen LogP contribution in [0.25, 0.3) is 0 Å². The maximum absolute atomic E-state index is 12.7. The van der Waals surface area contributed by atoms with Gasteiger partial charge in [0, 0.05) is 37.9 Å². The van der Waals surface area contributed by atoms with Gasteiger partial charge in [0.15, 0.2) is 0 Å². The molecule has 0 aliphatic carbocycles. The Morgan fingerprint density at radius 2 is 1.85 bits per heavy atom. The lowest BCUT2D eigenvalue weighted by Crippen LogP contribution is -2.48. The van der Waals surface area contributed by atoms with E-state index in [1.165, 1.54) is 0 Å². The van der Waals surface area contributed by atoms with Crippen molar-refractivity contribution in [3.05, 3.63) is 41.9 Å². The van der Waals surface area contributed by atoms with Crippen LogP contribution in [0.15, 0.2) is 30.3 Å². The molecular formula is C18H21N5O3. The van der Waals surface area contributed by atoms with Crippen molar-refractivity contribution in [3.8, 4) is 5.75 Å². The molecule has 0 unspecified atom stereocenters. The van der Waals surface area contributed by atoms with Crippen LogP contribution in [-0.2, 0) is 4.79 Å². The highest BCUT2D eigenvalue weighted by Crippen LogP contribution is 2.20. The van der Waals surface area contributed by atoms with E-state index < -0.39 is 0 Å². The minimum Gasteiger partial charge on any atom is -0.497 e. The Bertz CT molecular complexity index is 786. The average Bonchev–Trinajstić information content (AvgIpc) is 2.67. The lowest BCUT2D eigenvalue weighted by Gasteiger charge is -2.32. The predicted octanol–water partition coefficient (Wildman–Crippen LogP) is 1.45. The Kier molecular flexibility index (Phi) is 5.31. The summed E-state index contributed by atoms with van der Waals surface area (Å²) in [6.07, 6.45) is 0.813. The smallest absolute Gasteiger partial charge is 0.272 e. The second kappa shape index (κ2) is 7.81. The summed E-state index contributed by atoms with van der Waals surface area (Å²) in [6.45, 7) is 3.83. The molecule has 136 valence electrons. The number of nitrogens with zero attached hydrogens (tertiary/aromatic N) is 4. The van der Waals surface area contributed by atoms with E-state index in [-0.39, 0.29) is 5.91 Å². The Morgan fingerprint density at radius 3 is 2.46 bits per heavy atom. The van der Waals surface area contributed by atoms with Gasteiger partial charge in [-0.25, -0.2) is 9.97 Å². The molecule has 0 radical (unpaired) electrons. The van der Waals surface area contributed by atoms with E-state index in [1.54, 1.807) is 29.9 Å². The number of ether oxygens (including phenoxy) is 1. The van der Waals surface area contributed by atoms with E-state index in [0.29, 0.717) is 43.5 Å². The lowest BCUT2D eigenvalue weighted by molar-refractivity contribution is -0.119. The molecule has 3 rings (SSSR count). The average molecular weight is 355 g/mol. The minimum atomic E-state index is -0.154. The van der Waals surface area contributed by atoms with Crippen molar-refractivity contribution in [2.75, 3.05) is 38.6 Å². The van der Waals surface area contributed by atoms with Crippen LogP contribution in [0.3, 0.4) is 0 Å². The molecule has 1 fully saturated rings. The van der Waals surface area contributed by atoms with Crippen LogP contribution in [0.5, 0.6) is 5.75 Å². The van der Waals surface area contributed by atoms with Crippen molar-refractivity contribution < 1.29 is 14.3 Å². The largest absolute Gasteiger partial charge is 0.497 e. The molecular weight excluding hydrogens is 334 g/mol. The molecule has 2 heterocycles. The second-order valence-electron chi connectivity index (χ2n) is 5.97. The molecule has 1 aromatic heterocycles. The molecule has 0 atom stereocenters. The standard InChI is InChI=1S/C18H21N5O3/c1-13-19-16(18(25)23-9-7-22(12-24)8-10-23)11-17(20-13)21-14-3-5-15(26-2)6-4-14/h3-6,11-12H,7-10H2,1-2H3,(H,19,20,21). The number of piperazine rings is 1. The summed E-state index contributed by atoms with van der Waals surface area (Å²) in [5, 5.41) is 3.18. The zero-order chi connectivity index (χ0) is 18.5. The van der Waals surface area contributed by atoms with Gasteiger partial charge in [-0.3, -0.25) is 9.59 Å². The molecule has 26 heavy (non-hydrogen) atoms. The van der Waals surface area contributed by atoms with Gasteiger partial charge in [-0.2, -0.15) is 0 Å². The third-order valence-electron chi connectivity index (χ3n) is 4.17. The maximum atomic E-state index is 12.7. The third kappa shape index (κ3) is 4.08. The number of aryl methyl sites for hydroxylation is 1. The van der Waals surface area contributed by atoms with Crippen molar-refractivity contribution in [1.82, 2.24) is 19.8 Å². The topological polar surface area (TPSA) is 87.7 Å². The monoisotopic (exact) mass is 355 g/mol. The molecule has 0 spiro atoms. The van der Waals surface area contributed by atoms with Crippen LogP contribution in [0.2, 0.25) is 0 Å². The van der Waals surface area contributed by atoms with Crippen molar-refractivity contribution in [3.63, 3.8) is 0 Å². The number of carbonyl (C=O) groups is 2. The first-order chi connectivity index (χ1) is 12.6. The highest BCUT2D eigenvalue weighted by molar-refractivity contribution is 5.93. The number of anilines is 2. The van der Waals surface area contributed by atoms with Gasteiger partial charge < -0.3 is 19.9 Å². The van der Waals surface area contributed by atoms with Crippen molar-refractivity contribution in [2.45, 2.75) is 6.92 Å². The van der Waals surface area contributed by atoms with Gasteiger partial charge in [0.05, 0.1) is 7.11 Å². The van der Waals surface area contributed by atoms with E-state index in [4.69, 9.17) is 4.74 Å². The molecule has 1 N–H and O–H groups in total. The van der Waals surface area contributed by atoms with Gasteiger partial charge in [0.1, 0.15) is 23.1 Å². The van der Waals surface area contributed by atoms with E-state index in [0.717, 1.165) is 17.8 Å².